The average Bonchev–Trinajstić information content (AvgIpc) is 2.55. The molecule has 2 amide bonds. The van der Waals surface area contributed by atoms with E-state index < -0.39 is 16.7 Å². The Bertz CT molecular complexity index is 764. The number of carbonyl (C=O) groups excluding carboxylic acids is 2. The highest BCUT2D eigenvalue weighted by molar-refractivity contribution is 9.10. The summed E-state index contributed by atoms with van der Waals surface area (Å²) in [5.41, 5.74) is 0.519. The molecule has 2 aromatic rings. The van der Waals surface area contributed by atoms with E-state index in [0.29, 0.717) is 5.69 Å². The molecule has 0 radical (unpaired) electrons. The summed E-state index contributed by atoms with van der Waals surface area (Å²) in [6, 6.07) is 12.4. The van der Waals surface area contributed by atoms with Crippen LogP contribution in [0, 0.1) is 10.1 Å². The summed E-state index contributed by atoms with van der Waals surface area (Å²) in [4.78, 5) is 33.8. The summed E-state index contributed by atoms with van der Waals surface area (Å²) >= 11 is 3.30. The molecule has 0 bridgehead atoms. The lowest BCUT2D eigenvalue weighted by Crippen LogP contribution is -2.32. The van der Waals surface area contributed by atoms with Gasteiger partial charge in [0.25, 0.3) is 11.6 Å². The first-order valence-electron chi connectivity index (χ1n) is 6.54. The number of hydrogen-bond acceptors (Lipinski definition) is 4. The van der Waals surface area contributed by atoms with Crippen LogP contribution >= 0.6 is 15.9 Å². The molecule has 0 saturated heterocycles. The Balaban J connectivity index is 1.94. The summed E-state index contributed by atoms with van der Waals surface area (Å²) in [6.45, 7) is -0.247. The number of nitro benzene ring substituents is 1. The highest BCUT2D eigenvalue weighted by Gasteiger charge is 2.12. The number of nitrogens with zero attached hydrogens (tertiary/aromatic N) is 1. The molecule has 0 spiro atoms. The summed E-state index contributed by atoms with van der Waals surface area (Å²) in [5.74, 6) is -0.966. The van der Waals surface area contributed by atoms with Crippen LogP contribution in [0.25, 0.3) is 0 Å². The Morgan fingerprint density at radius 3 is 2.57 bits per heavy atom. The van der Waals surface area contributed by atoms with Gasteiger partial charge in [0, 0.05) is 22.2 Å². The first-order chi connectivity index (χ1) is 11.0. The molecule has 2 rings (SSSR count). The van der Waals surface area contributed by atoms with Gasteiger partial charge in [0.1, 0.15) is 0 Å². The molecule has 8 heteroatoms. The van der Waals surface area contributed by atoms with E-state index in [1.807, 2.05) is 6.07 Å². The van der Waals surface area contributed by atoms with Crippen LogP contribution in [-0.4, -0.2) is 23.3 Å². The lowest BCUT2D eigenvalue weighted by atomic mass is 10.2. The van der Waals surface area contributed by atoms with Crippen LogP contribution in [0.1, 0.15) is 10.4 Å². The third kappa shape index (κ3) is 4.62. The first kappa shape index (κ1) is 16.6. The van der Waals surface area contributed by atoms with Crippen molar-refractivity contribution in [2.45, 2.75) is 0 Å². The number of anilines is 1. The molecule has 0 aliphatic heterocycles. The summed E-state index contributed by atoms with van der Waals surface area (Å²) in [5, 5.41) is 15.7. The Hall–Kier alpha value is -2.74. The molecule has 118 valence electrons. The molecule has 0 aromatic heterocycles. The molecule has 0 heterocycles. The van der Waals surface area contributed by atoms with Crippen LogP contribution in [0.2, 0.25) is 0 Å². The van der Waals surface area contributed by atoms with E-state index in [9.17, 15) is 19.7 Å². The molecular formula is C15H12BrN3O4. The second-order valence-corrected chi connectivity index (χ2v) is 5.37. The number of rotatable bonds is 5. The van der Waals surface area contributed by atoms with Crippen molar-refractivity contribution in [3.05, 3.63) is 68.7 Å². The number of nitrogens with one attached hydrogen (secondary N) is 2. The largest absolute Gasteiger partial charge is 0.343 e. The lowest BCUT2D eigenvalue weighted by Gasteiger charge is -2.08. The van der Waals surface area contributed by atoms with E-state index in [1.165, 1.54) is 18.2 Å². The predicted molar refractivity (Wildman–Crippen MR) is 88.2 cm³/mol. The number of hydrogen-bond donors (Lipinski definition) is 2. The number of benzene rings is 2. The molecule has 0 aliphatic rings. The van der Waals surface area contributed by atoms with Crippen molar-refractivity contribution >= 4 is 39.1 Å². The fourth-order valence-corrected chi connectivity index (χ4v) is 2.16. The van der Waals surface area contributed by atoms with Gasteiger partial charge in [-0.1, -0.05) is 18.2 Å². The van der Waals surface area contributed by atoms with Crippen molar-refractivity contribution in [3.8, 4) is 0 Å². The smallest absolute Gasteiger partial charge is 0.270 e. The van der Waals surface area contributed by atoms with Crippen LogP contribution < -0.4 is 10.6 Å². The molecule has 7 nitrogen and oxygen atoms in total. The lowest BCUT2D eigenvalue weighted by molar-refractivity contribution is -0.384. The predicted octanol–water partition coefficient (Wildman–Crippen LogP) is 2.73. The quantitative estimate of drug-likeness (QED) is 0.617. The van der Waals surface area contributed by atoms with Crippen molar-refractivity contribution in [1.82, 2.24) is 5.32 Å². The van der Waals surface area contributed by atoms with Crippen LogP contribution in [0.5, 0.6) is 0 Å². The summed E-state index contributed by atoms with van der Waals surface area (Å²) in [7, 11) is 0. The second-order valence-electron chi connectivity index (χ2n) is 4.52. The van der Waals surface area contributed by atoms with E-state index in [4.69, 9.17) is 0 Å². The summed E-state index contributed by atoms with van der Waals surface area (Å²) < 4.78 is 0.721. The van der Waals surface area contributed by atoms with E-state index in [1.54, 1.807) is 18.2 Å². The SMILES string of the molecule is O=C(CNC(=O)c1cccc([N+](=O)[O-])c1)Nc1ccccc1Br. The van der Waals surface area contributed by atoms with E-state index >= 15 is 0 Å². The summed E-state index contributed by atoms with van der Waals surface area (Å²) in [6.07, 6.45) is 0. The topological polar surface area (TPSA) is 101 Å². The number of para-hydroxylation sites is 1. The third-order valence-corrected chi connectivity index (χ3v) is 3.57. The minimum atomic E-state index is -0.587. The van der Waals surface area contributed by atoms with Crippen LogP contribution in [0.3, 0.4) is 0 Å². The number of amides is 2. The average molecular weight is 378 g/mol. The molecular weight excluding hydrogens is 366 g/mol. The Morgan fingerprint density at radius 1 is 1.13 bits per heavy atom. The van der Waals surface area contributed by atoms with Gasteiger partial charge >= 0.3 is 0 Å². The van der Waals surface area contributed by atoms with Crippen LogP contribution in [-0.2, 0) is 4.79 Å². The second kappa shape index (κ2) is 7.50. The monoisotopic (exact) mass is 377 g/mol. The van der Waals surface area contributed by atoms with Gasteiger partial charge < -0.3 is 10.6 Å². The first-order valence-corrected chi connectivity index (χ1v) is 7.33. The maximum Gasteiger partial charge on any atom is 0.270 e. The van der Waals surface area contributed by atoms with Gasteiger partial charge in [-0.2, -0.15) is 0 Å². The molecule has 2 N–H and O–H groups in total. The minimum absolute atomic E-state index is 0.118. The van der Waals surface area contributed by atoms with Crippen molar-refractivity contribution in [2.24, 2.45) is 0 Å². The van der Waals surface area contributed by atoms with E-state index in [-0.39, 0.29) is 17.8 Å². The standard InChI is InChI=1S/C15H12BrN3O4/c16-12-6-1-2-7-13(12)18-14(20)9-17-15(21)10-4-3-5-11(8-10)19(22)23/h1-8H,9H2,(H,17,21)(H,18,20). The van der Waals surface area contributed by atoms with Crippen LogP contribution in [0.4, 0.5) is 11.4 Å². The third-order valence-electron chi connectivity index (χ3n) is 2.88. The van der Waals surface area contributed by atoms with Gasteiger partial charge in [0.05, 0.1) is 17.2 Å². The van der Waals surface area contributed by atoms with Gasteiger partial charge in [-0.15, -0.1) is 0 Å². The van der Waals surface area contributed by atoms with Gasteiger partial charge in [-0.3, -0.25) is 19.7 Å². The van der Waals surface area contributed by atoms with Gasteiger partial charge in [0.15, 0.2) is 0 Å². The highest BCUT2D eigenvalue weighted by Crippen LogP contribution is 2.20. The van der Waals surface area contributed by atoms with Gasteiger partial charge in [0.2, 0.25) is 5.91 Å². The van der Waals surface area contributed by atoms with E-state index in [0.717, 1.165) is 10.5 Å². The van der Waals surface area contributed by atoms with Gasteiger partial charge in [-0.05, 0) is 34.1 Å². The van der Waals surface area contributed by atoms with Crippen molar-refractivity contribution in [2.75, 3.05) is 11.9 Å². The Labute approximate surface area is 140 Å². The number of carbonyl (C=O) groups is 2. The fraction of sp³-hybridized carbons (Fsp3) is 0.0667. The molecule has 2 aromatic carbocycles. The highest BCUT2D eigenvalue weighted by atomic mass is 79.9. The number of halogens is 1. The van der Waals surface area contributed by atoms with Gasteiger partial charge in [-0.25, -0.2) is 0 Å². The van der Waals surface area contributed by atoms with Crippen molar-refractivity contribution in [1.29, 1.82) is 0 Å². The Morgan fingerprint density at radius 2 is 1.87 bits per heavy atom. The zero-order valence-corrected chi connectivity index (χ0v) is 13.4. The zero-order valence-electron chi connectivity index (χ0n) is 11.8. The molecule has 23 heavy (non-hydrogen) atoms. The normalized spacial score (nSPS) is 9.96. The van der Waals surface area contributed by atoms with Crippen LogP contribution in [0.15, 0.2) is 53.0 Å². The molecule has 0 aliphatic carbocycles. The van der Waals surface area contributed by atoms with Crippen molar-refractivity contribution in [3.63, 3.8) is 0 Å². The van der Waals surface area contributed by atoms with E-state index in [2.05, 4.69) is 26.6 Å². The molecule has 0 atom stereocenters. The zero-order chi connectivity index (χ0) is 16.8. The maximum absolute atomic E-state index is 11.9. The Kier molecular flexibility index (Phi) is 5.42. The molecule has 0 fully saturated rings. The number of non-ortho nitro benzene ring substituents is 1. The maximum atomic E-state index is 11.9. The molecule has 0 saturated carbocycles. The number of nitro groups is 1. The van der Waals surface area contributed by atoms with Crippen molar-refractivity contribution < 1.29 is 14.5 Å². The fourth-order valence-electron chi connectivity index (χ4n) is 1.78. The molecule has 0 unspecified atom stereocenters. The minimum Gasteiger partial charge on any atom is -0.343 e.